The van der Waals surface area contributed by atoms with Crippen LogP contribution in [0, 0.1) is 17.3 Å². The van der Waals surface area contributed by atoms with Crippen LogP contribution in [0.5, 0.6) is 0 Å². The van der Waals surface area contributed by atoms with E-state index in [1.165, 1.54) is 12.0 Å². The van der Waals surface area contributed by atoms with Crippen molar-refractivity contribution in [2.45, 2.75) is 56.6 Å². The molecule has 0 spiro atoms. The highest BCUT2D eigenvalue weighted by molar-refractivity contribution is 7.89. The fraction of sp³-hybridized carbons (Fsp3) is 0.667. The van der Waals surface area contributed by atoms with Crippen LogP contribution < -0.4 is 4.72 Å². The lowest BCUT2D eigenvalue weighted by molar-refractivity contribution is -0.0267. The zero-order chi connectivity index (χ0) is 22.1. The van der Waals surface area contributed by atoms with Gasteiger partial charge in [-0.1, -0.05) is 38.1 Å². The molecule has 5 rings (SSSR count). The van der Waals surface area contributed by atoms with Crippen molar-refractivity contribution in [1.82, 2.24) is 9.62 Å². The van der Waals surface area contributed by atoms with Crippen molar-refractivity contribution in [3.8, 4) is 0 Å². The highest BCUT2D eigenvalue weighted by Gasteiger charge is 2.50. The van der Waals surface area contributed by atoms with Crippen LogP contribution >= 0.6 is 0 Å². The summed E-state index contributed by atoms with van der Waals surface area (Å²) in [6, 6.07) is 8.43. The van der Waals surface area contributed by atoms with Gasteiger partial charge < -0.3 is 14.7 Å². The van der Waals surface area contributed by atoms with Gasteiger partial charge in [-0.2, -0.15) is 0 Å². The predicted molar refractivity (Wildman–Crippen MR) is 121 cm³/mol. The molecule has 4 aliphatic rings. The van der Waals surface area contributed by atoms with Crippen LogP contribution in [0.2, 0.25) is 0 Å². The number of hydrogen-bond acceptors (Lipinski definition) is 5. The number of nitrogens with zero attached hydrogens (tertiary/aromatic N) is 1. The van der Waals surface area contributed by atoms with Gasteiger partial charge in [0.05, 0.1) is 24.2 Å². The number of fused-ring (bicyclic) bond motifs is 1. The standard InChI is InChI=1S/C24H36N2O4S/c1-24(2)19-9-8-18(23(24)14-19)16-30-17-21(27)15-26-12-10-20(11-13-26)25-31(28,29)22-6-4-3-5-7-22/h3-8,19-21,23,25,27H,9-17H2,1-2H3. The van der Waals surface area contributed by atoms with Gasteiger partial charge in [-0.25, -0.2) is 13.1 Å². The second-order valence-electron chi connectivity index (χ2n) is 10.00. The van der Waals surface area contributed by atoms with Gasteiger partial charge in [0.1, 0.15) is 0 Å². The molecule has 1 saturated carbocycles. The number of aliphatic hydroxyl groups is 1. The highest BCUT2D eigenvalue weighted by Crippen LogP contribution is 2.59. The summed E-state index contributed by atoms with van der Waals surface area (Å²) in [5.41, 5.74) is 1.81. The van der Waals surface area contributed by atoms with E-state index < -0.39 is 16.1 Å². The Kier molecular flexibility index (Phi) is 6.89. The average molecular weight is 449 g/mol. The van der Waals surface area contributed by atoms with Crippen LogP contribution in [-0.4, -0.2) is 63.4 Å². The Morgan fingerprint density at radius 3 is 2.58 bits per heavy atom. The van der Waals surface area contributed by atoms with Gasteiger partial charge in [0, 0.05) is 12.6 Å². The summed E-state index contributed by atoms with van der Waals surface area (Å²) in [5, 5.41) is 10.4. The second kappa shape index (κ2) is 9.32. The zero-order valence-electron chi connectivity index (χ0n) is 18.7. The lowest BCUT2D eigenvalue weighted by Gasteiger charge is -2.56. The normalized spacial score (nSPS) is 27.4. The smallest absolute Gasteiger partial charge is 0.240 e. The Labute approximate surface area is 186 Å². The first-order chi connectivity index (χ1) is 14.8. The summed E-state index contributed by atoms with van der Waals surface area (Å²) < 4.78 is 33.7. The van der Waals surface area contributed by atoms with E-state index in [0.717, 1.165) is 38.3 Å². The van der Waals surface area contributed by atoms with Crippen LogP contribution in [0.4, 0.5) is 0 Å². The Balaban J connectivity index is 1.15. The molecular formula is C24H36N2O4S. The van der Waals surface area contributed by atoms with E-state index in [0.29, 0.717) is 36.0 Å². The first-order valence-corrected chi connectivity index (χ1v) is 13.0. The largest absolute Gasteiger partial charge is 0.389 e. The number of sulfonamides is 1. The summed E-state index contributed by atoms with van der Waals surface area (Å²) in [6.45, 7) is 7.78. The number of aliphatic hydroxyl groups excluding tert-OH is 1. The Morgan fingerprint density at radius 1 is 1.23 bits per heavy atom. The molecule has 1 heterocycles. The molecular weight excluding hydrogens is 412 g/mol. The first-order valence-electron chi connectivity index (χ1n) is 11.5. The minimum Gasteiger partial charge on any atom is -0.389 e. The molecule has 0 aromatic heterocycles. The number of piperidine rings is 1. The van der Waals surface area contributed by atoms with E-state index in [-0.39, 0.29) is 6.04 Å². The number of β-amino-alcohol motifs (C(OH)–C–C–N with tert-alkyl or cyclic N) is 1. The molecule has 2 bridgehead atoms. The van der Waals surface area contributed by atoms with Crippen LogP contribution in [0.1, 0.15) is 39.5 Å². The van der Waals surface area contributed by atoms with Gasteiger partial charge in [-0.05, 0) is 73.7 Å². The van der Waals surface area contributed by atoms with Crippen LogP contribution in [0.3, 0.4) is 0 Å². The number of benzene rings is 1. The molecule has 1 aliphatic heterocycles. The summed E-state index contributed by atoms with van der Waals surface area (Å²) in [6.07, 6.45) is 5.75. The molecule has 2 fully saturated rings. The fourth-order valence-corrected chi connectivity index (χ4v) is 6.75. The SMILES string of the molecule is CC1(C)C2CC=C(COCC(O)CN3CCC(NS(=O)(=O)c4ccccc4)CC3)C1C2. The maximum atomic E-state index is 12.5. The molecule has 0 amide bonds. The van der Waals surface area contributed by atoms with E-state index in [4.69, 9.17) is 4.74 Å². The molecule has 172 valence electrons. The summed E-state index contributed by atoms with van der Waals surface area (Å²) in [4.78, 5) is 2.50. The fourth-order valence-electron chi connectivity index (χ4n) is 5.42. The number of rotatable bonds is 9. The van der Waals surface area contributed by atoms with Gasteiger partial charge in [0.25, 0.3) is 0 Å². The van der Waals surface area contributed by atoms with E-state index in [2.05, 4.69) is 29.5 Å². The quantitative estimate of drug-likeness (QED) is 0.568. The number of likely N-dealkylation sites (tertiary alicyclic amines) is 1. The Bertz CT molecular complexity index is 876. The summed E-state index contributed by atoms with van der Waals surface area (Å²) in [7, 11) is -3.48. The number of nitrogens with one attached hydrogen (secondary N) is 1. The first kappa shape index (κ1) is 22.9. The van der Waals surface area contributed by atoms with Gasteiger partial charge in [-0.15, -0.1) is 0 Å². The third kappa shape index (κ3) is 5.22. The van der Waals surface area contributed by atoms with Crippen molar-refractivity contribution in [1.29, 1.82) is 0 Å². The molecule has 1 aromatic rings. The molecule has 1 saturated heterocycles. The van der Waals surface area contributed by atoms with E-state index >= 15 is 0 Å². The molecule has 3 atom stereocenters. The predicted octanol–water partition coefficient (Wildman–Crippen LogP) is 2.80. The van der Waals surface area contributed by atoms with Gasteiger partial charge in [0.15, 0.2) is 0 Å². The summed E-state index contributed by atoms with van der Waals surface area (Å²) in [5.74, 6) is 1.47. The van der Waals surface area contributed by atoms with Crippen molar-refractivity contribution in [3.63, 3.8) is 0 Å². The Hall–Kier alpha value is -1.25. The average Bonchev–Trinajstić information content (AvgIpc) is 2.75. The highest BCUT2D eigenvalue weighted by atomic mass is 32.2. The van der Waals surface area contributed by atoms with E-state index in [1.807, 2.05) is 6.07 Å². The maximum Gasteiger partial charge on any atom is 0.240 e. The number of allylic oxidation sites excluding steroid dienone is 1. The van der Waals surface area contributed by atoms with Crippen molar-refractivity contribution < 1.29 is 18.3 Å². The Morgan fingerprint density at radius 2 is 1.94 bits per heavy atom. The maximum absolute atomic E-state index is 12.5. The molecule has 1 aromatic carbocycles. The van der Waals surface area contributed by atoms with Crippen molar-refractivity contribution in [2.75, 3.05) is 32.8 Å². The van der Waals surface area contributed by atoms with Gasteiger partial charge >= 0.3 is 0 Å². The molecule has 0 radical (unpaired) electrons. The van der Waals surface area contributed by atoms with Crippen molar-refractivity contribution >= 4 is 10.0 Å². The van der Waals surface area contributed by atoms with Crippen molar-refractivity contribution in [2.24, 2.45) is 17.3 Å². The lowest BCUT2D eigenvalue weighted by atomic mass is 9.49. The molecule has 7 heteroatoms. The molecule has 31 heavy (non-hydrogen) atoms. The van der Waals surface area contributed by atoms with E-state index in [1.54, 1.807) is 24.3 Å². The van der Waals surface area contributed by atoms with Crippen LogP contribution in [0.15, 0.2) is 46.9 Å². The minimum absolute atomic E-state index is 0.0669. The minimum atomic E-state index is -3.48. The molecule has 3 aliphatic carbocycles. The molecule has 3 unspecified atom stereocenters. The monoisotopic (exact) mass is 448 g/mol. The zero-order valence-corrected chi connectivity index (χ0v) is 19.5. The van der Waals surface area contributed by atoms with Crippen LogP contribution in [0.25, 0.3) is 0 Å². The van der Waals surface area contributed by atoms with Crippen molar-refractivity contribution in [3.05, 3.63) is 42.0 Å². The lowest BCUT2D eigenvalue weighted by Crippen LogP contribution is -2.49. The molecule has 2 N–H and O–H groups in total. The van der Waals surface area contributed by atoms with Gasteiger partial charge in [-0.3, -0.25) is 0 Å². The summed E-state index contributed by atoms with van der Waals surface area (Å²) >= 11 is 0. The van der Waals surface area contributed by atoms with Gasteiger partial charge in [0.2, 0.25) is 10.0 Å². The van der Waals surface area contributed by atoms with Crippen LogP contribution in [-0.2, 0) is 14.8 Å². The number of ether oxygens (including phenoxy) is 1. The second-order valence-corrected chi connectivity index (χ2v) is 11.7. The number of hydrogen-bond donors (Lipinski definition) is 2. The van der Waals surface area contributed by atoms with E-state index in [9.17, 15) is 13.5 Å². The third-order valence-corrected chi connectivity index (χ3v) is 9.13. The molecule has 6 nitrogen and oxygen atoms in total. The topological polar surface area (TPSA) is 78.9 Å². The third-order valence-electron chi connectivity index (χ3n) is 7.59.